The standard InChI is InChI=1S/C21H24N4O4/c1-24(21(27)22-15-8-10-16(29-3)11-9-15)14-19-23-18-7-5-4-6-17(18)20(26)25(19)12-13-28-2/h4-11H,12-14H2,1-3H3,(H,22,27). The van der Waals surface area contributed by atoms with Crippen molar-refractivity contribution < 1.29 is 14.3 Å². The SMILES string of the molecule is COCCn1c(CN(C)C(=O)Nc2ccc(OC)cc2)nc2ccccc2c1=O. The summed E-state index contributed by atoms with van der Waals surface area (Å²) in [6, 6.07) is 13.9. The third-order valence-corrected chi connectivity index (χ3v) is 4.53. The van der Waals surface area contributed by atoms with E-state index >= 15 is 0 Å². The summed E-state index contributed by atoms with van der Waals surface area (Å²) in [5.41, 5.74) is 1.10. The van der Waals surface area contributed by atoms with Crippen LogP contribution in [0.1, 0.15) is 5.82 Å². The van der Waals surface area contributed by atoms with E-state index in [1.54, 1.807) is 68.3 Å². The molecule has 8 nitrogen and oxygen atoms in total. The maximum absolute atomic E-state index is 12.9. The predicted molar refractivity (Wildman–Crippen MR) is 111 cm³/mol. The van der Waals surface area contributed by atoms with Crippen LogP contribution in [-0.4, -0.2) is 48.4 Å². The number of benzene rings is 2. The molecule has 0 aliphatic heterocycles. The molecule has 2 amide bonds. The van der Waals surface area contributed by atoms with Crippen LogP contribution in [0.2, 0.25) is 0 Å². The maximum atomic E-state index is 12.9. The molecule has 152 valence electrons. The molecule has 0 unspecified atom stereocenters. The van der Waals surface area contributed by atoms with Gasteiger partial charge in [0.1, 0.15) is 11.6 Å². The fourth-order valence-corrected chi connectivity index (χ4v) is 2.93. The summed E-state index contributed by atoms with van der Waals surface area (Å²) in [6.45, 7) is 0.900. The second kappa shape index (κ2) is 9.20. The molecule has 0 spiro atoms. The van der Waals surface area contributed by atoms with E-state index in [1.165, 1.54) is 4.90 Å². The molecule has 29 heavy (non-hydrogen) atoms. The number of methoxy groups -OCH3 is 2. The average Bonchev–Trinajstić information content (AvgIpc) is 2.74. The number of aromatic nitrogens is 2. The molecule has 0 saturated heterocycles. The first-order valence-electron chi connectivity index (χ1n) is 9.17. The Morgan fingerprint density at radius 1 is 1.14 bits per heavy atom. The lowest BCUT2D eigenvalue weighted by atomic mass is 10.2. The van der Waals surface area contributed by atoms with Crippen LogP contribution in [-0.2, 0) is 17.8 Å². The Labute approximate surface area is 168 Å². The summed E-state index contributed by atoms with van der Waals surface area (Å²) < 4.78 is 11.8. The van der Waals surface area contributed by atoms with Crippen LogP contribution in [0.4, 0.5) is 10.5 Å². The maximum Gasteiger partial charge on any atom is 0.321 e. The topological polar surface area (TPSA) is 85.7 Å². The van der Waals surface area contributed by atoms with Gasteiger partial charge in [-0.1, -0.05) is 12.1 Å². The third kappa shape index (κ3) is 4.72. The highest BCUT2D eigenvalue weighted by Crippen LogP contribution is 2.16. The number of ether oxygens (including phenoxy) is 2. The molecule has 0 fully saturated rings. The number of amides is 2. The van der Waals surface area contributed by atoms with E-state index in [2.05, 4.69) is 10.3 Å². The van der Waals surface area contributed by atoms with Crippen LogP contribution in [0, 0.1) is 0 Å². The molecule has 1 heterocycles. The Hall–Kier alpha value is -3.39. The van der Waals surface area contributed by atoms with Crippen molar-refractivity contribution in [1.29, 1.82) is 0 Å². The second-order valence-electron chi connectivity index (χ2n) is 6.51. The van der Waals surface area contributed by atoms with Crippen LogP contribution in [0.25, 0.3) is 10.9 Å². The summed E-state index contributed by atoms with van der Waals surface area (Å²) in [7, 11) is 4.81. The molecule has 0 saturated carbocycles. The number of urea groups is 1. The number of carbonyl (C=O) groups is 1. The van der Waals surface area contributed by atoms with Crippen molar-refractivity contribution in [3.63, 3.8) is 0 Å². The van der Waals surface area contributed by atoms with Crippen molar-refractivity contribution >= 4 is 22.6 Å². The van der Waals surface area contributed by atoms with Crippen molar-refractivity contribution in [3.05, 3.63) is 64.7 Å². The van der Waals surface area contributed by atoms with E-state index in [1.807, 2.05) is 6.07 Å². The van der Waals surface area contributed by atoms with Gasteiger partial charge in [-0.15, -0.1) is 0 Å². The Kier molecular flexibility index (Phi) is 6.46. The fourth-order valence-electron chi connectivity index (χ4n) is 2.93. The summed E-state index contributed by atoms with van der Waals surface area (Å²) in [5.74, 6) is 1.21. The van der Waals surface area contributed by atoms with Gasteiger partial charge in [0.05, 0.1) is 37.7 Å². The van der Waals surface area contributed by atoms with Crippen molar-refractivity contribution in [2.45, 2.75) is 13.1 Å². The van der Waals surface area contributed by atoms with Crippen molar-refractivity contribution in [3.8, 4) is 5.75 Å². The monoisotopic (exact) mass is 396 g/mol. The van der Waals surface area contributed by atoms with Gasteiger partial charge < -0.3 is 19.7 Å². The average molecular weight is 396 g/mol. The first-order valence-corrected chi connectivity index (χ1v) is 9.17. The second-order valence-corrected chi connectivity index (χ2v) is 6.51. The molecule has 2 aromatic carbocycles. The molecule has 0 aliphatic carbocycles. The molecule has 3 aromatic rings. The van der Waals surface area contributed by atoms with Gasteiger partial charge in [-0.2, -0.15) is 0 Å². The summed E-state index contributed by atoms with van der Waals surface area (Å²) in [4.78, 5) is 31.6. The molecule has 3 rings (SSSR count). The van der Waals surface area contributed by atoms with Gasteiger partial charge in [0.25, 0.3) is 5.56 Å². The van der Waals surface area contributed by atoms with E-state index < -0.39 is 0 Å². The van der Waals surface area contributed by atoms with Gasteiger partial charge in [-0.25, -0.2) is 9.78 Å². The van der Waals surface area contributed by atoms with E-state index in [0.29, 0.717) is 41.3 Å². The number of nitrogens with one attached hydrogen (secondary N) is 1. The largest absolute Gasteiger partial charge is 0.497 e. The lowest BCUT2D eigenvalue weighted by molar-refractivity contribution is 0.183. The predicted octanol–water partition coefficient (Wildman–Crippen LogP) is 2.72. The van der Waals surface area contributed by atoms with E-state index in [9.17, 15) is 9.59 Å². The summed E-state index contributed by atoms with van der Waals surface area (Å²) in [5, 5.41) is 3.36. The van der Waals surface area contributed by atoms with Gasteiger partial charge in [-0.05, 0) is 36.4 Å². The quantitative estimate of drug-likeness (QED) is 0.664. The molecule has 0 aliphatic rings. The van der Waals surface area contributed by atoms with Gasteiger partial charge in [0, 0.05) is 19.8 Å². The van der Waals surface area contributed by atoms with E-state index in [0.717, 1.165) is 0 Å². The molecule has 0 radical (unpaired) electrons. The Morgan fingerprint density at radius 3 is 2.55 bits per heavy atom. The molecule has 1 aromatic heterocycles. The van der Waals surface area contributed by atoms with Crippen molar-refractivity contribution in [2.24, 2.45) is 0 Å². The number of fused-ring (bicyclic) bond motifs is 1. The molecular formula is C21H24N4O4. The normalized spacial score (nSPS) is 10.7. The van der Waals surface area contributed by atoms with E-state index in [4.69, 9.17) is 9.47 Å². The molecule has 0 bridgehead atoms. The molecular weight excluding hydrogens is 372 g/mol. The smallest absolute Gasteiger partial charge is 0.321 e. The summed E-state index contributed by atoms with van der Waals surface area (Å²) >= 11 is 0. The molecule has 8 heteroatoms. The van der Waals surface area contributed by atoms with Crippen molar-refractivity contribution in [2.75, 3.05) is 33.2 Å². The number of rotatable bonds is 7. The highest BCUT2D eigenvalue weighted by atomic mass is 16.5. The minimum atomic E-state index is -0.309. The minimum Gasteiger partial charge on any atom is -0.497 e. The highest BCUT2D eigenvalue weighted by Gasteiger charge is 2.16. The summed E-state index contributed by atoms with van der Waals surface area (Å²) in [6.07, 6.45) is 0. The number of hydrogen-bond donors (Lipinski definition) is 1. The number of carbonyl (C=O) groups excluding carboxylic acids is 1. The van der Waals surface area contributed by atoms with Crippen LogP contribution >= 0.6 is 0 Å². The van der Waals surface area contributed by atoms with E-state index in [-0.39, 0.29) is 18.1 Å². The minimum absolute atomic E-state index is 0.147. The van der Waals surface area contributed by atoms with Crippen LogP contribution in [0.3, 0.4) is 0 Å². The number of hydrogen-bond acceptors (Lipinski definition) is 5. The first kappa shape index (κ1) is 20.3. The third-order valence-electron chi connectivity index (χ3n) is 4.53. The zero-order valence-electron chi connectivity index (χ0n) is 16.7. The lowest BCUT2D eigenvalue weighted by Gasteiger charge is -2.20. The van der Waals surface area contributed by atoms with Gasteiger partial charge >= 0.3 is 6.03 Å². The zero-order valence-corrected chi connectivity index (χ0v) is 16.7. The highest BCUT2D eigenvalue weighted by molar-refractivity contribution is 5.89. The Morgan fingerprint density at radius 2 is 1.86 bits per heavy atom. The lowest BCUT2D eigenvalue weighted by Crippen LogP contribution is -2.35. The van der Waals surface area contributed by atoms with Crippen LogP contribution < -0.4 is 15.6 Å². The first-order chi connectivity index (χ1) is 14.0. The fraction of sp³-hybridized carbons (Fsp3) is 0.286. The van der Waals surface area contributed by atoms with Gasteiger partial charge in [-0.3, -0.25) is 9.36 Å². The number of para-hydroxylation sites is 1. The van der Waals surface area contributed by atoms with Crippen LogP contribution in [0.15, 0.2) is 53.3 Å². The number of anilines is 1. The van der Waals surface area contributed by atoms with Crippen LogP contribution in [0.5, 0.6) is 5.75 Å². The Balaban J connectivity index is 1.83. The van der Waals surface area contributed by atoms with Gasteiger partial charge in [0.15, 0.2) is 0 Å². The van der Waals surface area contributed by atoms with Gasteiger partial charge in [0.2, 0.25) is 0 Å². The molecule has 1 N–H and O–H groups in total. The number of nitrogens with zero attached hydrogens (tertiary/aromatic N) is 3. The Bertz CT molecular complexity index is 1050. The molecule has 0 atom stereocenters. The zero-order chi connectivity index (χ0) is 20.8. The van der Waals surface area contributed by atoms with Crippen molar-refractivity contribution in [1.82, 2.24) is 14.5 Å².